The maximum absolute atomic E-state index is 14.6. The summed E-state index contributed by atoms with van der Waals surface area (Å²) in [6.45, 7) is -0.149. The van der Waals surface area contributed by atoms with Gasteiger partial charge < -0.3 is 16.2 Å². The number of carbonyl (C=O) groups is 2. The van der Waals surface area contributed by atoms with E-state index in [1.807, 2.05) is 24.3 Å². The van der Waals surface area contributed by atoms with Gasteiger partial charge in [0.05, 0.1) is 30.6 Å². The number of anilines is 1. The van der Waals surface area contributed by atoms with Crippen molar-refractivity contribution in [1.29, 1.82) is 0 Å². The van der Waals surface area contributed by atoms with Gasteiger partial charge in [0.25, 0.3) is 5.91 Å². The van der Waals surface area contributed by atoms with E-state index in [9.17, 15) is 27.5 Å². The molecule has 1 aliphatic heterocycles. The van der Waals surface area contributed by atoms with Gasteiger partial charge in [-0.25, -0.2) is 12.8 Å². The highest BCUT2D eigenvalue weighted by Crippen LogP contribution is 2.37. The van der Waals surface area contributed by atoms with Gasteiger partial charge in [0.1, 0.15) is 11.9 Å². The van der Waals surface area contributed by atoms with E-state index in [1.54, 1.807) is 24.3 Å². The van der Waals surface area contributed by atoms with Crippen LogP contribution in [0.4, 0.5) is 10.1 Å². The van der Waals surface area contributed by atoms with Crippen molar-refractivity contribution in [3.8, 4) is 0 Å². The summed E-state index contributed by atoms with van der Waals surface area (Å²) >= 11 is 12.2. The van der Waals surface area contributed by atoms with Crippen LogP contribution >= 0.6 is 23.2 Å². The van der Waals surface area contributed by atoms with Gasteiger partial charge in [0.2, 0.25) is 15.9 Å². The highest BCUT2D eigenvalue weighted by molar-refractivity contribution is 7.92. The van der Waals surface area contributed by atoms with Crippen LogP contribution in [0.25, 0.3) is 0 Å². The standard InChI is InChI=1S/C27H27Cl2FN4O5S/c1-40(38,39)34(22-11-18(10-21(30)12-22)27(37)32-24(15-35)26(31)36)23-13-33(14-23)25(16-2-6-19(28)7-3-16)17-4-8-20(29)9-5-17/h2-12,23-25,35H,13-15H2,1H3,(H2,31,36)(H,32,37). The van der Waals surface area contributed by atoms with Crippen molar-refractivity contribution < 1.29 is 27.5 Å². The number of benzene rings is 3. The third kappa shape index (κ3) is 6.73. The molecule has 3 aromatic carbocycles. The number of nitrogens with zero attached hydrogens (tertiary/aromatic N) is 2. The van der Waals surface area contributed by atoms with Crippen molar-refractivity contribution in [2.45, 2.75) is 18.1 Å². The smallest absolute Gasteiger partial charge is 0.252 e. The molecule has 1 unspecified atom stereocenters. The molecule has 1 atom stereocenters. The molecule has 9 nitrogen and oxygen atoms in total. The summed E-state index contributed by atoms with van der Waals surface area (Å²) in [5.74, 6) is -2.73. The van der Waals surface area contributed by atoms with E-state index in [-0.39, 0.29) is 17.3 Å². The molecule has 1 heterocycles. The molecule has 0 radical (unpaired) electrons. The summed E-state index contributed by atoms with van der Waals surface area (Å²) in [5.41, 5.74) is 6.74. The number of aliphatic hydroxyl groups is 1. The fraction of sp³-hybridized carbons (Fsp3) is 0.259. The van der Waals surface area contributed by atoms with E-state index < -0.39 is 46.3 Å². The van der Waals surface area contributed by atoms with Gasteiger partial charge in [-0.3, -0.25) is 18.8 Å². The molecule has 0 saturated carbocycles. The topological polar surface area (TPSA) is 133 Å². The van der Waals surface area contributed by atoms with Crippen LogP contribution in [-0.4, -0.2) is 68.3 Å². The van der Waals surface area contributed by atoms with Gasteiger partial charge in [-0.1, -0.05) is 47.5 Å². The average Bonchev–Trinajstić information content (AvgIpc) is 2.86. The Bertz CT molecular complexity index is 1450. The van der Waals surface area contributed by atoms with Crippen molar-refractivity contribution in [2.24, 2.45) is 5.73 Å². The normalized spacial score (nSPS) is 14.9. The highest BCUT2D eigenvalue weighted by atomic mass is 35.5. The van der Waals surface area contributed by atoms with Crippen LogP contribution in [0, 0.1) is 5.82 Å². The van der Waals surface area contributed by atoms with E-state index in [1.165, 1.54) is 6.07 Å². The zero-order valence-corrected chi connectivity index (χ0v) is 23.6. The minimum atomic E-state index is -3.91. The predicted octanol–water partition coefficient (Wildman–Crippen LogP) is 2.95. The Morgan fingerprint density at radius 3 is 2.02 bits per heavy atom. The number of nitrogens with one attached hydrogen (secondary N) is 1. The molecule has 0 aromatic heterocycles. The minimum absolute atomic E-state index is 0.0496. The zero-order chi connectivity index (χ0) is 29.2. The molecule has 0 aliphatic carbocycles. The van der Waals surface area contributed by atoms with Crippen LogP contribution in [0.15, 0.2) is 66.7 Å². The van der Waals surface area contributed by atoms with Crippen molar-refractivity contribution >= 4 is 50.7 Å². The quantitative estimate of drug-likeness (QED) is 0.324. The number of halogens is 3. The first-order valence-electron chi connectivity index (χ1n) is 12.1. The van der Waals surface area contributed by atoms with Gasteiger partial charge >= 0.3 is 0 Å². The fourth-order valence-corrected chi connectivity index (χ4v) is 6.12. The van der Waals surface area contributed by atoms with Crippen LogP contribution < -0.4 is 15.4 Å². The van der Waals surface area contributed by atoms with Crippen LogP contribution in [-0.2, 0) is 14.8 Å². The molecule has 1 saturated heterocycles. The van der Waals surface area contributed by atoms with Crippen LogP contribution in [0.3, 0.4) is 0 Å². The lowest BCUT2D eigenvalue weighted by atomic mass is 9.93. The van der Waals surface area contributed by atoms with Crippen LogP contribution in [0.2, 0.25) is 10.0 Å². The van der Waals surface area contributed by atoms with E-state index in [4.69, 9.17) is 28.9 Å². The molecule has 1 fully saturated rings. The number of hydrogen-bond donors (Lipinski definition) is 3. The Kier molecular flexibility index (Phi) is 9.01. The molecule has 2 amide bonds. The second kappa shape index (κ2) is 12.1. The highest BCUT2D eigenvalue weighted by Gasteiger charge is 2.41. The maximum Gasteiger partial charge on any atom is 0.252 e. The molecular formula is C27H27Cl2FN4O5S. The number of nitrogens with two attached hydrogens (primary N) is 1. The molecule has 4 rings (SSSR count). The van der Waals surface area contributed by atoms with E-state index in [2.05, 4.69) is 10.2 Å². The summed E-state index contributed by atoms with van der Waals surface area (Å²) in [7, 11) is -3.91. The van der Waals surface area contributed by atoms with Gasteiger partial charge in [-0.15, -0.1) is 0 Å². The minimum Gasteiger partial charge on any atom is -0.394 e. The van der Waals surface area contributed by atoms with Gasteiger partial charge in [0.15, 0.2) is 0 Å². The Labute approximate surface area is 241 Å². The second-order valence-electron chi connectivity index (χ2n) is 9.48. The number of primary amides is 1. The lowest BCUT2D eigenvalue weighted by Crippen LogP contribution is -2.61. The summed E-state index contributed by atoms with van der Waals surface area (Å²) < 4.78 is 41.6. The molecular weight excluding hydrogens is 582 g/mol. The average molecular weight is 610 g/mol. The fourth-order valence-electron chi connectivity index (χ4n) is 4.71. The lowest BCUT2D eigenvalue weighted by Gasteiger charge is -2.48. The van der Waals surface area contributed by atoms with E-state index in [0.29, 0.717) is 23.1 Å². The van der Waals surface area contributed by atoms with Crippen molar-refractivity contribution in [2.75, 3.05) is 30.3 Å². The molecule has 40 heavy (non-hydrogen) atoms. The number of amides is 2. The number of aliphatic hydroxyl groups excluding tert-OH is 1. The third-order valence-electron chi connectivity index (χ3n) is 6.55. The summed E-state index contributed by atoms with van der Waals surface area (Å²) in [4.78, 5) is 26.1. The molecule has 212 valence electrons. The van der Waals surface area contributed by atoms with E-state index >= 15 is 0 Å². The Morgan fingerprint density at radius 1 is 1.05 bits per heavy atom. The molecule has 3 aromatic rings. The molecule has 1 aliphatic rings. The second-order valence-corrected chi connectivity index (χ2v) is 12.2. The maximum atomic E-state index is 14.6. The van der Waals surface area contributed by atoms with Crippen LogP contribution in [0.1, 0.15) is 27.5 Å². The molecule has 4 N–H and O–H groups in total. The summed E-state index contributed by atoms with van der Waals surface area (Å²) in [6, 6.07) is 15.6. The largest absolute Gasteiger partial charge is 0.394 e. The van der Waals surface area contributed by atoms with Crippen molar-refractivity contribution in [3.63, 3.8) is 0 Å². The van der Waals surface area contributed by atoms with Gasteiger partial charge in [-0.05, 0) is 53.6 Å². The Hall–Kier alpha value is -3.22. The molecule has 0 spiro atoms. The van der Waals surface area contributed by atoms with Crippen LogP contribution in [0.5, 0.6) is 0 Å². The first-order valence-corrected chi connectivity index (χ1v) is 14.7. The molecule has 13 heteroatoms. The summed E-state index contributed by atoms with van der Waals surface area (Å²) in [6.07, 6.45) is 1.01. The monoisotopic (exact) mass is 608 g/mol. The first-order chi connectivity index (χ1) is 18.9. The predicted molar refractivity (Wildman–Crippen MR) is 151 cm³/mol. The number of carbonyl (C=O) groups excluding carboxylic acids is 2. The zero-order valence-electron chi connectivity index (χ0n) is 21.3. The number of hydrogen-bond acceptors (Lipinski definition) is 6. The van der Waals surface area contributed by atoms with Gasteiger partial charge in [-0.2, -0.15) is 0 Å². The van der Waals surface area contributed by atoms with Crippen molar-refractivity contribution in [1.82, 2.24) is 10.2 Å². The lowest BCUT2D eigenvalue weighted by molar-refractivity contribution is -0.120. The molecule has 0 bridgehead atoms. The third-order valence-corrected chi connectivity index (χ3v) is 8.27. The van der Waals surface area contributed by atoms with Crippen molar-refractivity contribution in [3.05, 3.63) is 99.3 Å². The summed E-state index contributed by atoms with van der Waals surface area (Å²) in [5, 5.41) is 12.6. The number of likely N-dealkylation sites (tertiary alicyclic amines) is 1. The SMILES string of the molecule is CS(=O)(=O)N(c1cc(F)cc(C(=O)NC(CO)C(N)=O)c1)C1CN(C(c2ccc(Cl)cc2)c2ccc(Cl)cc2)C1. The Morgan fingerprint density at radius 2 is 1.57 bits per heavy atom. The van der Waals surface area contributed by atoms with E-state index in [0.717, 1.165) is 33.8 Å². The number of sulfonamides is 1. The van der Waals surface area contributed by atoms with Gasteiger partial charge in [0, 0.05) is 28.7 Å². The first kappa shape index (κ1) is 29.8. The number of rotatable bonds is 10. The Balaban J connectivity index is 1.63.